The summed E-state index contributed by atoms with van der Waals surface area (Å²) >= 11 is 0. The Morgan fingerprint density at radius 1 is 0.889 bits per heavy atom. The number of nitrogen functional groups attached to an aromatic ring is 1. The predicted molar refractivity (Wildman–Crippen MR) is 184 cm³/mol. The molecule has 1 saturated heterocycles. The van der Waals surface area contributed by atoms with Crippen LogP contribution in [0.5, 0.6) is 0 Å². The zero-order valence-corrected chi connectivity index (χ0v) is 29.2. The number of nitrogens with two attached hydrogens (primary N) is 1. The molecule has 0 radical (unpaired) electrons. The number of nitrogens with one attached hydrogen (secondary N) is 3. The lowest BCUT2D eigenvalue weighted by molar-refractivity contribution is 0.184. The molecule has 2 aliphatic carbocycles. The third kappa shape index (κ3) is 12.5. The number of anilines is 3. The minimum atomic E-state index is -3.00. The summed E-state index contributed by atoms with van der Waals surface area (Å²) in [6.45, 7) is 14.3. The van der Waals surface area contributed by atoms with E-state index in [9.17, 15) is 4.57 Å². The summed E-state index contributed by atoms with van der Waals surface area (Å²) in [4.78, 5) is 18.2. The zero-order valence-electron chi connectivity index (χ0n) is 28.4. The van der Waals surface area contributed by atoms with Gasteiger partial charge in [-0.3, -0.25) is 9.46 Å². The van der Waals surface area contributed by atoms with Gasteiger partial charge < -0.3 is 35.6 Å². The van der Waals surface area contributed by atoms with Crippen molar-refractivity contribution < 1.29 is 13.6 Å². The van der Waals surface area contributed by atoms with Crippen molar-refractivity contribution in [2.75, 3.05) is 87.7 Å². The lowest BCUT2D eigenvalue weighted by Gasteiger charge is -2.40. The van der Waals surface area contributed by atoms with E-state index in [4.69, 9.17) is 19.8 Å². The van der Waals surface area contributed by atoms with Gasteiger partial charge in [-0.1, -0.05) is 19.3 Å². The molecule has 4 rings (SSSR count). The lowest BCUT2D eigenvalue weighted by atomic mass is 9.82. The molecule has 1 atom stereocenters. The van der Waals surface area contributed by atoms with Crippen LogP contribution in [0.3, 0.4) is 0 Å². The van der Waals surface area contributed by atoms with Crippen molar-refractivity contribution in [3.05, 3.63) is 0 Å². The first kappa shape index (κ1) is 36.3. The van der Waals surface area contributed by atoms with Crippen LogP contribution in [-0.2, 0) is 13.6 Å². The second-order valence-corrected chi connectivity index (χ2v) is 15.5. The molecular formula is C32H62N9O3P. The number of hydrogen-bond acceptors (Lipinski definition) is 12. The van der Waals surface area contributed by atoms with E-state index in [1.807, 2.05) is 13.8 Å². The van der Waals surface area contributed by atoms with Gasteiger partial charge in [-0.15, -0.1) is 0 Å². The van der Waals surface area contributed by atoms with Crippen molar-refractivity contribution in [3.63, 3.8) is 0 Å². The molecule has 45 heavy (non-hydrogen) atoms. The molecule has 1 aliphatic heterocycles. The van der Waals surface area contributed by atoms with Gasteiger partial charge in [0.05, 0.1) is 19.4 Å². The number of hydrogen-bond donors (Lipinski definition) is 4. The molecule has 0 aromatic carbocycles. The SMILES string of the molecule is CCOP(=O)(CCCN1CCN(c2nc(N)nc(NCC3CCC(CNCCCNC4CCCCC4)CC3)n2)C[C@@H]1C)OCC. The molecule has 0 amide bonds. The average molecular weight is 652 g/mol. The third-order valence-electron chi connectivity index (χ3n) is 9.73. The van der Waals surface area contributed by atoms with Gasteiger partial charge in [-0.05, 0) is 110 Å². The Hall–Kier alpha value is -1.56. The summed E-state index contributed by atoms with van der Waals surface area (Å²) in [6, 6.07) is 1.06. The number of aromatic nitrogens is 3. The molecule has 13 heteroatoms. The summed E-state index contributed by atoms with van der Waals surface area (Å²) in [5, 5.41) is 10.9. The Balaban J connectivity index is 1.11. The highest BCUT2D eigenvalue weighted by Gasteiger charge is 2.28. The monoisotopic (exact) mass is 651 g/mol. The van der Waals surface area contributed by atoms with Gasteiger partial charge in [0.2, 0.25) is 17.8 Å². The quantitative estimate of drug-likeness (QED) is 0.121. The fraction of sp³-hybridized carbons (Fsp3) is 0.906. The second-order valence-electron chi connectivity index (χ2n) is 13.3. The Morgan fingerprint density at radius 2 is 1.60 bits per heavy atom. The van der Waals surface area contributed by atoms with Crippen molar-refractivity contribution in [1.29, 1.82) is 0 Å². The smallest absolute Gasteiger partial charge is 0.330 e. The lowest BCUT2D eigenvalue weighted by Crippen LogP contribution is -2.52. The first-order chi connectivity index (χ1) is 21.9. The Bertz CT molecular complexity index is 1010. The standard InChI is InChI=1S/C32H62N9O3P/c1-4-43-45(42,44-5-2)22-10-19-40-20-21-41(25-26(40)3)32-38-30(33)37-31(39-32)36-24-28-15-13-27(14-16-28)23-34-17-9-18-35-29-11-7-6-8-12-29/h26-29,34-35H,4-25H2,1-3H3,(H3,33,36,37,38,39)/t26-,27?,28?/m0/s1. The average Bonchev–Trinajstić information content (AvgIpc) is 3.03. The maximum atomic E-state index is 12.8. The topological polar surface area (TPSA) is 143 Å². The van der Waals surface area contributed by atoms with Crippen LogP contribution in [0.2, 0.25) is 0 Å². The second kappa shape index (κ2) is 19.3. The maximum Gasteiger partial charge on any atom is 0.330 e. The van der Waals surface area contributed by atoms with Crippen LogP contribution in [0.1, 0.15) is 91.4 Å². The molecule has 2 heterocycles. The van der Waals surface area contributed by atoms with E-state index in [0.717, 1.165) is 70.7 Å². The van der Waals surface area contributed by atoms with Crippen LogP contribution in [-0.4, -0.2) is 104 Å². The molecule has 12 nitrogen and oxygen atoms in total. The molecule has 2 saturated carbocycles. The fourth-order valence-electron chi connectivity index (χ4n) is 7.15. The van der Waals surface area contributed by atoms with E-state index in [1.165, 1.54) is 64.2 Å². The van der Waals surface area contributed by atoms with Crippen molar-refractivity contribution in [2.24, 2.45) is 11.8 Å². The van der Waals surface area contributed by atoms with E-state index in [2.05, 4.69) is 42.6 Å². The number of nitrogens with zero attached hydrogens (tertiary/aromatic N) is 5. The van der Waals surface area contributed by atoms with E-state index in [-0.39, 0.29) is 5.95 Å². The minimum absolute atomic E-state index is 0.254. The van der Waals surface area contributed by atoms with Crippen LogP contribution in [0, 0.1) is 11.8 Å². The number of rotatable bonds is 19. The predicted octanol–water partition coefficient (Wildman–Crippen LogP) is 4.74. The van der Waals surface area contributed by atoms with Gasteiger partial charge in [0.1, 0.15) is 0 Å². The molecule has 5 N–H and O–H groups in total. The Kier molecular flexibility index (Phi) is 15.6. The molecule has 0 unspecified atom stereocenters. The number of piperazine rings is 1. The van der Waals surface area contributed by atoms with Crippen molar-refractivity contribution in [1.82, 2.24) is 30.5 Å². The normalized spacial score (nSPS) is 23.8. The van der Waals surface area contributed by atoms with Gasteiger partial charge in [-0.2, -0.15) is 15.0 Å². The summed E-state index contributed by atoms with van der Waals surface area (Å²) in [7, 11) is -3.00. The Morgan fingerprint density at radius 3 is 2.29 bits per heavy atom. The van der Waals surface area contributed by atoms with Gasteiger partial charge in [0.15, 0.2) is 0 Å². The van der Waals surface area contributed by atoms with E-state index in [1.54, 1.807) is 0 Å². The minimum Gasteiger partial charge on any atom is -0.368 e. The van der Waals surface area contributed by atoms with E-state index < -0.39 is 7.60 Å². The van der Waals surface area contributed by atoms with Crippen LogP contribution < -0.4 is 26.6 Å². The summed E-state index contributed by atoms with van der Waals surface area (Å²) < 4.78 is 23.7. The van der Waals surface area contributed by atoms with Crippen LogP contribution in [0.25, 0.3) is 0 Å². The highest BCUT2D eigenvalue weighted by Crippen LogP contribution is 2.48. The third-order valence-corrected chi connectivity index (χ3v) is 11.9. The van der Waals surface area contributed by atoms with Crippen LogP contribution in [0.15, 0.2) is 0 Å². The van der Waals surface area contributed by atoms with Gasteiger partial charge >= 0.3 is 7.60 Å². The molecule has 3 aliphatic rings. The maximum absolute atomic E-state index is 12.8. The zero-order chi connectivity index (χ0) is 31.9. The molecule has 258 valence electrons. The first-order valence-electron chi connectivity index (χ1n) is 17.9. The van der Waals surface area contributed by atoms with Gasteiger partial charge in [-0.25, -0.2) is 0 Å². The van der Waals surface area contributed by atoms with Gasteiger partial charge in [0.25, 0.3) is 0 Å². The highest BCUT2D eigenvalue weighted by molar-refractivity contribution is 7.53. The van der Waals surface area contributed by atoms with Gasteiger partial charge in [0, 0.05) is 38.3 Å². The molecular weight excluding hydrogens is 589 g/mol. The van der Waals surface area contributed by atoms with Crippen molar-refractivity contribution in [3.8, 4) is 0 Å². The molecule has 3 fully saturated rings. The largest absolute Gasteiger partial charge is 0.368 e. The van der Waals surface area contributed by atoms with Crippen molar-refractivity contribution >= 4 is 25.4 Å². The fourth-order valence-corrected chi connectivity index (χ4v) is 8.79. The van der Waals surface area contributed by atoms with Crippen LogP contribution >= 0.6 is 7.60 Å². The highest BCUT2D eigenvalue weighted by atomic mass is 31.2. The van der Waals surface area contributed by atoms with Crippen LogP contribution in [0.4, 0.5) is 17.8 Å². The molecule has 1 aromatic rings. The first-order valence-corrected chi connectivity index (χ1v) is 19.7. The van der Waals surface area contributed by atoms with E-state index in [0.29, 0.717) is 43.2 Å². The Labute approximate surface area is 272 Å². The summed E-state index contributed by atoms with van der Waals surface area (Å²) in [6.07, 6.45) is 14.4. The molecule has 1 aromatic heterocycles. The molecule has 0 spiro atoms. The van der Waals surface area contributed by atoms with E-state index >= 15 is 0 Å². The summed E-state index contributed by atoms with van der Waals surface area (Å²) in [5.74, 6) is 2.88. The summed E-state index contributed by atoms with van der Waals surface area (Å²) in [5.41, 5.74) is 6.12. The van der Waals surface area contributed by atoms with Crippen molar-refractivity contribution in [2.45, 2.75) is 103 Å². The molecule has 0 bridgehead atoms.